The Morgan fingerprint density at radius 1 is 1.00 bits per heavy atom. The molecular formula is C11H25NO. The minimum atomic E-state index is 0.324. The number of unbranched alkanes of at least 4 members (excludes halogenated alkanes) is 4. The molecule has 0 saturated carbocycles. The fourth-order valence-electron chi connectivity index (χ4n) is 1.50. The second-order valence-corrected chi connectivity index (χ2v) is 3.83. The van der Waals surface area contributed by atoms with Crippen molar-refractivity contribution < 1.29 is 5.11 Å². The molecule has 0 aromatic carbocycles. The second-order valence-electron chi connectivity index (χ2n) is 3.83. The fraction of sp³-hybridized carbons (Fsp3) is 1.00. The third-order valence-corrected chi connectivity index (χ3v) is 2.41. The van der Waals surface area contributed by atoms with Crippen LogP contribution in [0, 0.1) is 0 Å². The van der Waals surface area contributed by atoms with Crippen LogP contribution in [0.15, 0.2) is 0 Å². The molecular weight excluding hydrogens is 162 g/mol. The fourth-order valence-corrected chi connectivity index (χ4v) is 1.50. The van der Waals surface area contributed by atoms with Gasteiger partial charge in [-0.25, -0.2) is 0 Å². The molecule has 1 unspecified atom stereocenters. The number of hydrogen-bond donors (Lipinski definition) is 2. The van der Waals surface area contributed by atoms with Gasteiger partial charge in [0.15, 0.2) is 0 Å². The molecule has 0 rings (SSSR count). The van der Waals surface area contributed by atoms with E-state index in [0.717, 1.165) is 19.3 Å². The third-order valence-electron chi connectivity index (χ3n) is 2.41. The molecule has 0 saturated heterocycles. The molecule has 0 aliphatic rings. The van der Waals surface area contributed by atoms with Gasteiger partial charge < -0.3 is 10.8 Å². The SMILES string of the molecule is CCCCCC(N)CCCCCO. The summed E-state index contributed by atoms with van der Waals surface area (Å²) in [6.45, 7) is 2.54. The van der Waals surface area contributed by atoms with E-state index in [2.05, 4.69) is 6.92 Å². The Balaban J connectivity index is 3.05. The molecule has 2 heteroatoms. The van der Waals surface area contributed by atoms with E-state index in [1.807, 2.05) is 0 Å². The highest BCUT2D eigenvalue weighted by atomic mass is 16.2. The van der Waals surface area contributed by atoms with E-state index < -0.39 is 0 Å². The normalized spacial score (nSPS) is 13.2. The van der Waals surface area contributed by atoms with Crippen LogP contribution in [0.5, 0.6) is 0 Å². The molecule has 0 aliphatic heterocycles. The zero-order chi connectivity index (χ0) is 9.94. The smallest absolute Gasteiger partial charge is 0.0431 e. The van der Waals surface area contributed by atoms with Crippen LogP contribution in [0.2, 0.25) is 0 Å². The summed E-state index contributed by atoms with van der Waals surface area (Å²) in [5, 5.41) is 8.57. The Morgan fingerprint density at radius 3 is 2.15 bits per heavy atom. The molecule has 0 aromatic rings. The largest absolute Gasteiger partial charge is 0.396 e. The van der Waals surface area contributed by atoms with Crippen LogP contribution >= 0.6 is 0 Å². The lowest BCUT2D eigenvalue weighted by molar-refractivity contribution is 0.281. The van der Waals surface area contributed by atoms with Crippen LogP contribution in [0.25, 0.3) is 0 Å². The Bertz CT molecular complexity index is 96.1. The highest BCUT2D eigenvalue weighted by Gasteiger charge is 2.01. The van der Waals surface area contributed by atoms with Crippen molar-refractivity contribution in [2.75, 3.05) is 6.61 Å². The maximum Gasteiger partial charge on any atom is 0.0431 e. The van der Waals surface area contributed by atoms with E-state index in [9.17, 15) is 0 Å². The molecule has 0 fully saturated rings. The van der Waals surface area contributed by atoms with Crippen molar-refractivity contribution in [3.8, 4) is 0 Å². The summed E-state index contributed by atoms with van der Waals surface area (Å²) < 4.78 is 0. The van der Waals surface area contributed by atoms with Gasteiger partial charge in [0, 0.05) is 12.6 Å². The maximum atomic E-state index is 8.57. The topological polar surface area (TPSA) is 46.2 Å². The molecule has 0 radical (unpaired) electrons. The van der Waals surface area contributed by atoms with Gasteiger partial charge in [0.1, 0.15) is 0 Å². The Labute approximate surface area is 82.5 Å². The molecule has 2 nitrogen and oxygen atoms in total. The Morgan fingerprint density at radius 2 is 1.62 bits per heavy atom. The molecule has 0 amide bonds. The average Bonchev–Trinajstić information content (AvgIpc) is 2.13. The van der Waals surface area contributed by atoms with Crippen molar-refractivity contribution in [1.29, 1.82) is 0 Å². The number of rotatable bonds is 9. The van der Waals surface area contributed by atoms with E-state index in [4.69, 9.17) is 10.8 Å². The highest BCUT2D eigenvalue weighted by Crippen LogP contribution is 2.08. The zero-order valence-electron chi connectivity index (χ0n) is 8.97. The van der Waals surface area contributed by atoms with Gasteiger partial charge in [-0.05, 0) is 19.3 Å². The monoisotopic (exact) mass is 187 g/mol. The van der Waals surface area contributed by atoms with Crippen molar-refractivity contribution in [1.82, 2.24) is 0 Å². The quantitative estimate of drug-likeness (QED) is 0.545. The number of hydrogen-bond acceptors (Lipinski definition) is 2. The van der Waals surface area contributed by atoms with Crippen LogP contribution in [-0.2, 0) is 0 Å². The van der Waals surface area contributed by atoms with Crippen LogP contribution in [0.4, 0.5) is 0 Å². The van der Waals surface area contributed by atoms with Crippen LogP contribution in [0.1, 0.15) is 58.3 Å². The highest BCUT2D eigenvalue weighted by molar-refractivity contribution is 4.61. The number of nitrogens with two attached hydrogens (primary N) is 1. The van der Waals surface area contributed by atoms with E-state index in [1.165, 1.54) is 32.1 Å². The number of aliphatic hydroxyl groups is 1. The van der Waals surface area contributed by atoms with Crippen molar-refractivity contribution >= 4 is 0 Å². The van der Waals surface area contributed by atoms with Gasteiger partial charge in [0.25, 0.3) is 0 Å². The average molecular weight is 187 g/mol. The zero-order valence-corrected chi connectivity index (χ0v) is 8.97. The molecule has 3 N–H and O–H groups in total. The van der Waals surface area contributed by atoms with Crippen LogP contribution in [0.3, 0.4) is 0 Å². The first-order valence-corrected chi connectivity index (χ1v) is 5.67. The van der Waals surface area contributed by atoms with Crippen molar-refractivity contribution in [3.63, 3.8) is 0 Å². The first kappa shape index (κ1) is 12.9. The van der Waals surface area contributed by atoms with Crippen molar-refractivity contribution in [2.24, 2.45) is 5.73 Å². The van der Waals surface area contributed by atoms with Gasteiger partial charge in [-0.1, -0.05) is 39.0 Å². The van der Waals surface area contributed by atoms with E-state index in [-0.39, 0.29) is 0 Å². The third kappa shape index (κ3) is 9.84. The summed E-state index contributed by atoms with van der Waals surface area (Å²) in [5.74, 6) is 0. The summed E-state index contributed by atoms with van der Waals surface area (Å²) in [7, 11) is 0. The summed E-state index contributed by atoms with van der Waals surface area (Å²) in [5.41, 5.74) is 5.93. The van der Waals surface area contributed by atoms with Crippen molar-refractivity contribution in [3.05, 3.63) is 0 Å². The first-order chi connectivity index (χ1) is 6.31. The molecule has 0 aliphatic carbocycles. The lowest BCUT2D eigenvalue weighted by Gasteiger charge is -2.10. The molecule has 13 heavy (non-hydrogen) atoms. The van der Waals surface area contributed by atoms with Gasteiger partial charge in [-0.3, -0.25) is 0 Å². The Hall–Kier alpha value is -0.0800. The summed E-state index contributed by atoms with van der Waals surface area (Å²) >= 11 is 0. The van der Waals surface area contributed by atoms with Gasteiger partial charge in [-0.15, -0.1) is 0 Å². The van der Waals surface area contributed by atoms with E-state index in [1.54, 1.807) is 0 Å². The molecule has 0 bridgehead atoms. The van der Waals surface area contributed by atoms with E-state index >= 15 is 0 Å². The molecule has 80 valence electrons. The summed E-state index contributed by atoms with van der Waals surface area (Å²) in [4.78, 5) is 0. The van der Waals surface area contributed by atoms with Gasteiger partial charge in [-0.2, -0.15) is 0 Å². The molecule has 0 aromatic heterocycles. The lowest BCUT2D eigenvalue weighted by Crippen LogP contribution is -2.19. The van der Waals surface area contributed by atoms with E-state index in [0.29, 0.717) is 12.6 Å². The minimum Gasteiger partial charge on any atom is -0.396 e. The van der Waals surface area contributed by atoms with Crippen LogP contribution in [-0.4, -0.2) is 17.8 Å². The molecule has 0 heterocycles. The first-order valence-electron chi connectivity index (χ1n) is 5.67. The second kappa shape index (κ2) is 10.0. The Kier molecular flexibility index (Phi) is 9.94. The lowest BCUT2D eigenvalue weighted by atomic mass is 10.0. The summed E-state index contributed by atoms with van der Waals surface area (Å²) in [6, 6.07) is 0.394. The van der Waals surface area contributed by atoms with Gasteiger partial charge in [0.05, 0.1) is 0 Å². The van der Waals surface area contributed by atoms with Gasteiger partial charge >= 0.3 is 0 Å². The van der Waals surface area contributed by atoms with Crippen LogP contribution < -0.4 is 5.73 Å². The maximum absolute atomic E-state index is 8.57. The molecule has 1 atom stereocenters. The standard InChI is InChI=1S/C11H25NO/c1-2-3-5-8-11(12)9-6-4-7-10-13/h11,13H,2-10,12H2,1H3. The summed E-state index contributed by atoms with van der Waals surface area (Å²) in [6.07, 6.45) is 9.39. The predicted octanol–water partition coefficient (Wildman–Crippen LogP) is 2.45. The van der Waals surface area contributed by atoms with Gasteiger partial charge in [0.2, 0.25) is 0 Å². The molecule has 0 spiro atoms. The minimum absolute atomic E-state index is 0.324. The van der Waals surface area contributed by atoms with Crippen molar-refractivity contribution in [2.45, 2.75) is 64.3 Å². The predicted molar refractivity (Wildman–Crippen MR) is 57.7 cm³/mol. The number of aliphatic hydroxyl groups excluding tert-OH is 1.